The highest BCUT2D eigenvalue weighted by molar-refractivity contribution is 6.42. The SMILES string of the molecule is NC1=C(C2=NCCc3c2noc3-c2ccccc2)CN(C(=O)c2ccc(Cl)c(Cl)c2)CC1. The van der Waals surface area contributed by atoms with Crippen LogP contribution in [0.1, 0.15) is 28.0 Å². The van der Waals surface area contributed by atoms with Crippen LogP contribution in [-0.4, -0.2) is 41.3 Å². The first-order valence-electron chi connectivity index (χ1n) is 10.3. The Labute approximate surface area is 195 Å². The van der Waals surface area contributed by atoms with Gasteiger partial charge >= 0.3 is 0 Å². The van der Waals surface area contributed by atoms with Gasteiger partial charge in [0.15, 0.2) is 5.76 Å². The molecular formula is C24H20Cl2N4O2. The first-order valence-corrected chi connectivity index (χ1v) is 11.1. The maximum Gasteiger partial charge on any atom is 0.254 e. The number of nitrogens with zero attached hydrogens (tertiary/aromatic N) is 3. The van der Waals surface area contributed by atoms with Gasteiger partial charge in [0.1, 0.15) is 5.69 Å². The standard InChI is InChI=1S/C24H20Cl2N4O2/c25-18-7-6-15(12-19(18)26)24(31)30-11-9-20(27)17(13-30)21-22-16(8-10-28-21)23(32-29-22)14-4-2-1-3-5-14/h1-7,12H,8-11,13,27H2. The fraction of sp³-hybridized carbons (Fsp3) is 0.208. The molecule has 2 aliphatic rings. The van der Waals surface area contributed by atoms with Gasteiger partial charge in [-0.15, -0.1) is 0 Å². The van der Waals surface area contributed by atoms with Crippen molar-refractivity contribution < 1.29 is 9.32 Å². The van der Waals surface area contributed by atoms with Crippen molar-refractivity contribution in [3.8, 4) is 11.3 Å². The molecule has 0 saturated carbocycles. The molecule has 0 saturated heterocycles. The van der Waals surface area contributed by atoms with Gasteiger partial charge in [0.05, 0.1) is 15.8 Å². The second-order valence-electron chi connectivity index (χ2n) is 7.79. The van der Waals surface area contributed by atoms with Crippen LogP contribution in [0.5, 0.6) is 0 Å². The number of hydrogen-bond acceptors (Lipinski definition) is 5. The van der Waals surface area contributed by atoms with Crippen molar-refractivity contribution in [3.05, 3.63) is 86.7 Å². The normalized spacial score (nSPS) is 16.1. The largest absolute Gasteiger partial charge is 0.402 e. The van der Waals surface area contributed by atoms with Gasteiger partial charge in [0, 0.05) is 54.0 Å². The average Bonchev–Trinajstić information content (AvgIpc) is 3.26. The fourth-order valence-electron chi connectivity index (χ4n) is 4.13. The van der Waals surface area contributed by atoms with Crippen molar-refractivity contribution in [2.45, 2.75) is 12.8 Å². The van der Waals surface area contributed by atoms with Crippen LogP contribution in [0.4, 0.5) is 0 Å². The van der Waals surface area contributed by atoms with Crippen molar-refractivity contribution in [2.75, 3.05) is 19.6 Å². The number of halogens is 2. The number of aromatic nitrogens is 1. The molecule has 3 heterocycles. The molecule has 8 heteroatoms. The van der Waals surface area contributed by atoms with E-state index in [2.05, 4.69) is 5.16 Å². The predicted octanol–water partition coefficient (Wildman–Crippen LogP) is 4.75. The summed E-state index contributed by atoms with van der Waals surface area (Å²) in [5.74, 6) is 0.627. The lowest BCUT2D eigenvalue weighted by atomic mass is 9.92. The van der Waals surface area contributed by atoms with E-state index >= 15 is 0 Å². The summed E-state index contributed by atoms with van der Waals surface area (Å²) in [6.07, 6.45) is 1.30. The van der Waals surface area contributed by atoms with E-state index in [-0.39, 0.29) is 5.91 Å². The Morgan fingerprint density at radius 2 is 1.88 bits per heavy atom. The smallest absolute Gasteiger partial charge is 0.254 e. The van der Waals surface area contributed by atoms with E-state index in [1.54, 1.807) is 23.1 Å². The van der Waals surface area contributed by atoms with Gasteiger partial charge in [-0.1, -0.05) is 58.7 Å². The number of aliphatic imine (C=N–C) groups is 1. The molecule has 0 spiro atoms. The molecule has 0 bridgehead atoms. The van der Waals surface area contributed by atoms with Gasteiger partial charge in [0.25, 0.3) is 5.91 Å². The molecule has 0 fully saturated rings. The summed E-state index contributed by atoms with van der Waals surface area (Å²) in [6.45, 7) is 1.47. The lowest BCUT2D eigenvalue weighted by Crippen LogP contribution is -2.40. The molecule has 0 atom stereocenters. The molecule has 5 rings (SSSR count). The van der Waals surface area contributed by atoms with Crippen molar-refractivity contribution in [2.24, 2.45) is 10.7 Å². The van der Waals surface area contributed by atoms with Crippen LogP contribution < -0.4 is 5.73 Å². The van der Waals surface area contributed by atoms with Crippen molar-refractivity contribution >= 4 is 34.8 Å². The minimum absolute atomic E-state index is 0.129. The zero-order valence-corrected chi connectivity index (χ0v) is 18.7. The first-order chi connectivity index (χ1) is 15.5. The molecule has 0 radical (unpaired) electrons. The van der Waals surface area contributed by atoms with E-state index in [1.165, 1.54) is 0 Å². The summed E-state index contributed by atoms with van der Waals surface area (Å²) in [7, 11) is 0. The van der Waals surface area contributed by atoms with Gasteiger partial charge in [-0.2, -0.15) is 0 Å². The molecule has 3 aromatic rings. The molecule has 2 aliphatic heterocycles. The highest BCUT2D eigenvalue weighted by Gasteiger charge is 2.31. The van der Waals surface area contributed by atoms with Gasteiger partial charge < -0.3 is 15.2 Å². The average molecular weight is 467 g/mol. The third-order valence-corrected chi connectivity index (χ3v) is 6.55. The second-order valence-corrected chi connectivity index (χ2v) is 8.61. The van der Waals surface area contributed by atoms with Gasteiger partial charge in [-0.05, 0) is 24.6 Å². The molecule has 162 valence electrons. The summed E-state index contributed by atoms with van der Waals surface area (Å²) in [6, 6.07) is 14.8. The number of fused-ring (bicyclic) bond motifs is 1. The number of benzene rings is 2. The van der Waals surface area contributed by atoms with Crippen LogP contribution in [0.2, 0.25) is 10.0 Å². The number of rotatable bonds is 3. The molecule has 1 aromatic heterocycles. The Morgan fingerprint density at radius 3 is 2.66 bits per heavy atom. The molecule has 0 aliphatic carbocycles. The zero-order chi connectivity index (χ0) is 22.2. The predicted molar refractivity (Wildman–Crippen MR) is 125 cm³/mol. The zero-order valence-electron chi connectivity index (χ0n) is 17.1. The van der Waals surface area contributed by atoms with E-state index in [0.29, 0.717) is 53.1 Å². The topological polar surface area (TPSA) is 84.7 Å². The molecule has 1 amide bonds. The number of carbonyl (C=O) groups is 1. The first kappa shape index (κ1) is 20.8. The summed E-state index contributed by atoms with van der Waals surface area (Å²) in [4.78, 5) is 19.6. The second kappa shape index (κ2) is 8.45. The Kier molecular flexibility index (Phi) is 5.49. The van der Waals surface area contributed by atoms with E-state index in [0.717, 1.165) is 34.6 Å². The molecule has 6 nitrogen and oxygen atoms in total. The Morgan fingerprint density at radius 1 is 1.06 bits per heavy atom. The highest BCUT2D eigenvalue weighted by Crippen LogP contribution is 2.32. The third kappa shape index (κ3) is 3.70. The summed E-state index contributed by atoms with van der Waals surface area (Å²) in [5, 5.41) is 5.10. The molecule has 32 heavy (non-hydrogen) atoms. The van der Waals surface area contributed by atoms with Crippen LogP contribution in [-0.2, 0) is 6.42 Å². The van der Waals surface area contributed by atoms with E-state index in [9.17, 15) is 4.79 Å². The number of carbonyl (C=O) groups excluding carboxylic acids is 1. The Balaban J connectivity index is 1.45. The Hall–Kier alpha value is -3.09. The molecular weight excluding hydrogens is 447 g/mol. The molecule has 2 aromatic carbocycles. The van der Waals surface area contributed by atoms with Crippen LogP contribution in [0.15, 0.2) is 69.3 Å². The van der Waals surface area contributed by atoms with Gasteiger partial charge in [-0.3, -0.25) is 9.79 Å². The van der Waals surface area contributed by atoms with Crippen LogP contribution in [0, 0.1) is 0 Å². The monoisotopic (exact) mass is 466 g/mol. The van der Waals surface area contributed by atoms with Crippen molar-refractivity contribution in [1.29, 1.82) is 0 Å². The molecule has 2 N–H and O–H groups in total. The summed E-state index contributed by atoms with van der Waals surface area (Å²) < 4.78 is 5.73. The maximum absolute atomic E-state index is 13.1. The summed E-state index contributed by atoms with van der Waals surface area (Å²) >= 11 is 12.1. The van der Waals surface area contributed by atoms with Crippen molar-refractivity contribution in [1.82, 2.24) is 10.1 Å². The lowest BCUT2D eigenvalue weighted by molar-refractivity contribution is 0.0766. The highest BCUT2D eigenvalue weighted by atomic mass is 35.5. The van der Waals surface area contributed by atoms with E-state index in [4.69, 9.17) is 38.5 Å². The minimum atomic E-state index is -0.129. The lowest BCUT2D eigenvalue weighted by Gasteiger charge is -2.30. The van der Waals surface area contributed by atoms with E-state index in [1.807, 2.05) is 30.3 Å². The molecule has 0 unspecified atom stereocenters. The quantitative estimate of drug-likeness (QED) is 0.603. The number of amides is 1. The van der Waals surface area contributed by atoms with Gasteiger partial charge in [-0.25, -0.2) is 0 Å². The number of hydrogen-bond donors (Lipinski definition) is 1. The van der Waals surface area contributed by atoms with E-state index < -0.39 is 0 Å². The van der Waals surface area contributed by atoms with Crippen LogP contribution in [0.25, 0.3) is 11.3 Å². The number of nitrogens with two attached hydrogens (primary N) is 1. The van der Waals surface area contributed by atoms with Crippen LogP contribution >= 0.6 is 23.2 Å². The summed E-state index contributed by atoms with van der Waals surface area (Å²) in [5.41, 5.74) is 11.8. The minimum Gasteiger partial charge on any atom is -0.402 e. The van der Waals surface area contributed by atoms with Gasteiger partial charge in [0.2, 0.25) is 0 Å². The fourth-order valence-corrected chi connectivity index (χ4v) is 4.42. The third-order valence-electron chi connectivity index (χ3n) is 5.81. The van der Waals surface area contributed by atoms with Crippen LogP contribution in [0.3, 0.4) is 0 Å². The Bertz CT molecular complexity index is 1260. The maximum atomic E-state index is 13.1. The van der Waals surface area contributed by atoms with Crippen molar-refractivity contribution in [3.63, 3.8) is 0 Å².